The van der Waals surface area contributed by atoms with Gasteiger partial charge < -0.3 is 9.47 Å². The lowest BCUT2D eigenvalue weighted by Crippen LogP contribution is -2.58. The molecule has 0 amide bonds. The fraction of sp³-hybridized carbons (Fsp3) is 1.00. The maximum atomic E-state index is 12.5. The van der Waals surface area contributed by atoms with Crippen molar-refractivity contribution >= 4 is 10.0 Å². The summed E-state index contributed by atoms with van der Waals surface area (Å²) in [5.41, 5.74) is -0.130. The normalized spacial score (nSPS) is 35.8. The quantitative estimate of drug-likeness (QED) is 0.770. The SMILES string of the molecule is CCOC[C@]12CCCO[C@@H]1CCN(S(=O)(=O)C1CC1)C2. The van der Waals surface area contributed by atoms with Gasteiger partial charge in [0.05, 0.1) is 18.0 Å². The van der Waals surface area contributed by atoms with Crippen LogP contribution in [0.15, 0.2) is 0 Å². The van der Waals surface area contributed by atoms with Gasteiger partial charge in [-0.1, -0.05) is 0 Å². The first-order valence-corrected chi connectivity index (χ1v) is 9.27. The van der Waals surface area contributed by atoms with E-state index in [1.807, 2.05) is 6.92 Å². The van der Waals surface area contributed by atoms with Crippen LogP contribution in [0, 0.1) is 5.41 Å². The van der Waals surface area contributed by atoms with Crippen LogP contribution in [-0.2, 0) is 19.5 Å². The molecular weight excluding hydrogens is 278 g/mol. The minimum absolute atomic E-state index is 0.118. The Labute approximate surface area is 121 Å². The molecule has 1 saturated carbocycles. The second-order valence-corrected chi connectivity index (χ2v) is 8.54. The molecule has 2 saturated heterocycles. The number of hydrogen-bond donors (Lipinski definition) is 0. The lowest BCUT2D eigenvalue weighted by Gasteiger charge is -2.49. The molecule has 3 rings (SSSR count). The molecule has 3 fully saturated rings. The molecule has 0 aromatic heterocycles. The molecular formula is C14H25NO4S. The molecule has 20 heavy (non-hydrogen) atoms. The summed E-state index contributed by atoms with van der Waals surface area (Å²) in [5.74, 6) is 0. The molecule has 0 aromatic rings. The van der Waals surface area contributed by atoms with Gasteiger partial charge in [-0.25, -0.2) is 12.7 Å². The Balaban J connectivity index is 1.78. The first-order chi connectivity index (χ1) is 9.58. The standard InChI is InChI=1S/C14H25NO4S/c1-2-18-11-14-7-3-9-19-13(14)6-8-15(10-14)20(16,17)12-4-5-12/h12-13H,2-11H2,1H3/t13-,14-/m1/s1. The maximum Gasteiger partial charge on any atom is 0.217 e. The zero-order valence-corrected chi connectivity index (χ0v) is 13.0. The minimum atomic E-state index is -3.08. The predicted molar refractivity (Wildman–Crippen MR) is 76.0 cm³/mol. The predicted octanol–water partition coefficient (Wildman–Crippen LogP) is 1.39. The van der Waals surface area contributed by atoms with E-state index in [0.29, 0.717) is 26.3 Å². The Hall–Kier alpha value is -0.170. The van der Waals surface area contributed by atoms with Gasteiger partial charge in [0.25, 0.3) is 0 Å². The maximum absolute atomic E-state index is 12.5. The van der Waals surface area contributed by atoms with E-state index in [-0.39, 0.29) is 16.8 Å². The molecule has 5 nitrogen and oxygen atoms in total. The highest BCUT2D eigenvalue weighted by Gasteiger charge is 2.51. The third-order valence-electron chi connectivity index (χ3n) is 4.85. The molecule has 6 heteroatoms. The van der Waals surface area contributed by atoms with E-state index >= 15 is 0 Å². The summed E-state index contributed by atoms with van der Waals surface area (Å²) in [6.45, 7) is 5.26. The summed E-state index contributed by atoms with van der Waals surface area (Å²) in [5, 5.41) is -0.118. The molecule has 0 unspecified atom stereocenters. The van der Waals surface area contributed by atoms with Crippen molar-refractivity contribution in [1.29, 1.82) is 0 Å². The Bertz CT molecular complexity index is 448. The third-order valence-corrected chi connectivity index (χ3v) is 7.20. The Morgan fingerprint density at radius 3 is 2.85 bits per heavy atom. The van der Waals surface area contributed by atoms with Crippen molar-refractivity contribution in [2.75, 3.05) is 32.9 Å². The number of piperidine rings is 1. The van der Waals surface area contributed by atoms with Crippen molar-refractivity contribution < 1.29 is 17.9 Å². The van der Waals surface area contributed by atoms with Gasteiger partial charge in [0.1, 0.15) is 0 Å². The molecule has 1 aliphatic carbocycles. The van der Waals surface area contributed by atoms with Crippen LogP contribution in [-0.4, -0.2) is 57.0 Å². The van der Waals surface area contributed by atoms with E-state index in [0.717, 1.165) is 38.7 Å². The summed E-state index contributed by atoms with van der Waals surface area (Å²) < 4.78 is 38.3. The van der Waals surface area contributed by atoms with Crippen LogP contribution in [0.1, 0.15) is 39.0 Å². The number of sulfonamides is 1. The molecule has 2 heterocycles. The zero-order chi connectivity index (χ0) is 14.2. The number of nitrogens with zero attached hydrogens (tertiary/aromatic N) is 1. The lowest BCUT2D eigenvalue weighted by molar-refractivity contribution is -0.141. The van der Waals surface area contributed by atoms with Crippen LogP contribution < -0.4 is 0 Å². The average molecular weight is 303 g/mol. The van der Waals surface area contributed by atoms with Crippen molar-refractivity contribution in [1.82, 2.24) is 4.31 Å². The first-order valence-electron chi connectivity index (χ1n) is 7.77. The first kappa shape index (κ1) is 14.8. The van der Waals surface area contributed by atoms with Crippen LogP contribution in [0.4, 0.5) is 0 Å². The van der Waals surface area contributed by atoms with Gasteiger partial charge in [0, 0.05) is 31.7 Å². The lowest BCUT2D eigenvalue weighted by atomic mass is 9.73. The van der Waals surface area contributed by atoms with Crippen LogP contribution in [0.2, 0.25) is 0 Å². The fourth-order valence-electron chi connectivity index (χ4n) is 3.56. The molecule has 0 bridgehead atoms. The molecule has 2 aliphatic heterocycles. The zero-order valence-electron chi connectivity index (χ0n) is 12.2. The Morgan fingerprint density at radius 1 is 1.35 bits per heavy atom. The highest BCUT2D eigenvalue weighted by molar-refractivity contribution is 7.90. The number of ether oxygens (including phenoxy) is 2. The van der Waals surface area contributed by atoms with E-state index < -0.39 is 10.0 Å². The van der Waals surface area contributed by atoms with Crippen LogP contribution in [0.25, 0.3) is 0 Å². The van der Waals surface area contributed by atoms with Gasteiger partial charge in [-0.3, -0.25) is 0 Å². The fourth-order valence-corrected chi connectivity index (χ4v) is 5.51. The third kappa shape index (κ3) is 2.63. The molecule has 2 atom stereocenters. The summed E-state index contributed by atoms with van der Waals surface area (Å²) in [7, 11) is -3.08. The van der Waals surface area contributed by atoms with Gasteiger partial charge in [-0.15, -0.1) is 0 Å². The van der Waals surface area contributed by atoms with E-state index in [2.05, 4.69) is 0 Å². The smallest absolute Gasteiger partial charge is 0.217 e. The highest BCUT2D eigenvalue weighted by Crippen LogP contribution is 2.43. The van der Waals surface area contributed by atoms with Gasteiger partial charge >= 0.3 is 0 Å². The monoisotopic (exact) mass is 303 g/mol. The summed E-state index contributed by atoms with van der Waals surface area (Å²) >= 11 is 0. The number of fused-ring (bicyclic) bond motifs is 1. The number of rotatable bonds is 5. The topological polar surface area (TPSA) is 55.8 Å². The van der Waals surface area contributed by atoms with Gasteiger partial charge in [0.2, 0.25) is 10.0 Å². The Morgan fingerprint density at radius 2 is 2.15 bits per heavy atom. The van der Waals surface area contributed by atoms with Crippen molar-refractivity contribution in [2.45, 2.75) is 50.4 Å². The average Bonchev–Trinajstić information content (AvgIpc) is 3.29. The molecule has 0 aromatic carbocycles. The van der Waals surface area contributed by atoms with E-state index in [9.17, 15) is 8.42 Å². The molecule has 0 N–H and O–H groups in total. The summed E-state index contributed by atoms with van der Waals surface area (Å²) in [6, 6.07) is 0. The van der Waals surface area contributed by atoms with Crippen LogP contribution >= 0.6 is 0 Å². The van der Waals surface area contributed by atoms with Crippen molar-refractivity contribution in [3.63, 3.8) is 0 Å². The number of hydrogen-bond acceptors (Lipinski definition) is 4. The van der Waals surface area contributed by atoms with E-state index in [1.165, 1.54) is 0 Å². The van der Waals surface area contributed by atoms with E-state index in [4.69, 9.17) is 9.47 Å². The second kappa shape index (κ2) is 5.55. The summed E-state index contributed by atoms with van der Waals surface area (Å²) in [4.78, 5) is 0. The van der Waals surface area contributed by atoms with Crippen molar-refractivity contribution in [2.24, 2.45) is 5.41 Å². The van der Waals surface area contributed by atoms with Crippen LogP contribution in [0.3, 0.4) is 0 Å². The largest absolute Gasteiger partial charge is 0.381 e. The van der Waals surface area contributed by atoms with Gasteiger partial charge in [-0.2, -0.15) is 0 Å². The van der Waals surface area contributed by atoms with E-state index in [1.54, 1.807) is 4.31 Å². The van der Waals surface area contributed by atoms with Crippen molar-refractivity contribution in [3.8, 4) is 0 Å². The molecule has 116 valence electrons. The van der Waals surface area contributed by atoms with Gasteiger partial charge in [0.15, 0.2) is 0 Å². The van der Waals surface area contributed by atoms with Crippen LogP contribution in [0.5, 0.6) is 0 Å². The molecule has 0 radical (unpaired) electrons. The molecule has 0 spiro atoms. The van der Waals surface area contributed by atoms with Crippen molar-refractivity contribution in [3.05, 3.63) is 0 Å². The molecule has 3 aliphatic rings. The summed E-state index contributed by atoms with van der Waals surface area (Å²) in [6.07, 6.45) is 4.64. The highest BCUT2D eigenvalue weighted by atomic mass is 32.2. The Kier molecular flexibility index (Phi) is 4.10. The van der Waals surface area contributed by atoms with Gasteiger partial charge in [-0.05, 0) is 39.0 Å². The second-order valence-electron chi connectivity index (χ2n) is 6.33. The minimum Gasteiger partial charge on any atom is -0.381 e.